The first-order valence-electron chi connectivity index (χ1n) is 9.29. The number of phenols is 1. The lowest BCUT2D eigenvalue weighted by Crippen LogP contribution is -2.08. The van der Waals surface area contributed by atoms with Gasteiger partial charge in [0.05, 0.1) is 10.9 Å². The van der Waals surface area contributed by atoms with Gasteiger partial charge in [0.1, 0.15) is 5.65 Å². The number of pyridine rings is 1. The Kier molecular flexibility index (Phi) is 3.85. The molecule has 0 bridgehead atoms. The van der Waals surface area contributed by atoms with Gasteiger partial charge in [-0.05, 0) is 38.1 Å². The van der Waals surface area contributed by atoms with Crippen LogP contribution in [0, 0.1) is 17.5 Å². The maximum Gasteiger partial charge on any atom is 0.274 e. The zero-order valence-corrected chi connectivity index (χ0v) is 16.1. The van der Waals surface area contributed by atoms with Gasteiger partial charge in [-0.2, -0.15) is 0 Å². The molecule has 0 saturated carbocycles. The lowest BCUT2D eigenvalue weighted by atomic mass is 10.0. The van der Waals surface area contributed by atoms with Gasteiger partial charge in [0.15, 0.2) is 28.6 Å². The number of furan rings is 1. The summed E-state index contributed by atoms with van der Waals surface area (Å²) in [6.45, 7) is 3.60. The number of aromatic nitrogens is 3. The fourth-order valence-corrected chi connectivity index (χ4v) is 3.83. The Bertz CT molecular complexity index is 1660. The first kappa shape index (κ1) is 19.0. The average Bonchev–Trinajstić information content (AvgIpc) is 3.27. The van der Waals surface area contributed by atoms with E-state index in [-0.39, 0.29) is 39.3 Å². The molecule has 0 spiro atoms. The van der Waals surface area contributed by atoms with E-state index in [1.54, 1.807) is 13.8 Å². The van der Waals surface area contributed by atoms with Crippen molar-refractivity contribution in [2.24, 2.45) is 0 Å². The Hall–Kier alpha value is -3.95. The average molecular weight is 429 g/mol. The van der Waals surface area contributed by atoms with Crippen LogP contribution in [-0.2, 0) is 0 Å². The molecule has 0 aliphatic heterocycles. The second kappa shape index (κ2) is 6.27. The summed E-state index contributed by atoms with van der Waals surface area (Å²) in [7, 11) is 0. The quantitative estimate of drug-likeness (QED) is 0.364. The van der Waals surface area contributed by atoms with Crippen LogP contribution >= 0.6 is 0 Å². The van der Waals surface area contributed by atoms with Gasteiger partial charge >= 0.3 is 0 Å². The van der Waals surface area contributed by atoms with Gasteiger partial charge in [-0.15, -0.1) is 0 Å². The maximum atomic E-state index is 14.8. The standard InChI is InChI=1S/C21H14F3N3O4/c1-7(2)27-20-13(21(30)26-27)12(8-3-5-10(22)15(24)14(8)23)19-16(25-20)9-4-6-11(28)17(29)18(9)31-19/h3-7,25,29H,1-2H3,(H,26,30). The summed E-state index contributed by atoms with van der Waals surface area (Å²) < 4.78 is 49.6. The SMILES string of the molecule is CC(C)n1[nH]c(=O)c2c(-c3ccc(F)c(F)c3F)c3oc4c(O)c(=O)ccc4c3[nH]c21. The smallest absolute Gasteiger partial charge is 0.274 e. The Morgan fingerprint density at radius 1 is 1.03 bits per heavy atom. The highest BCUT2D eigenvalue weighted by molar-refractivity contribution is 6.15. The molecule has 0 radical (unpaired) electrons. The normalized spacial score (nSPS) is 12.1. The van der Waals surface area contributed by atoms with Crippen molar-refractivity contribution >= 4 is 33.1 Å². The topological polar surface area (TPSA) is 104 Å². The van der Waals surface area contributed by atoms with Crippen LogP contribution in [0.1, 0.15) is 19.9 Å². The number of halogens is 3. The first-order valence-corrected chi connectivity index (χ1v) is 9.29. The summed E-state index contributed by atoms with van der Waals surface area (Å²) in [6.07, 6.45) is 0. The number of hydrogen-bond donors (Lipinski definition) is 3. The predicted octanol–water partition coefficient (Wildman–Crippen LogP) is 4.29. The molecule has 0 atom stereocenters. The third-order valence-corrected chi connectivity index (χ3v) is 5.26. The van der Waals surface area contributed by atoms with E-state index >= 15 is 0 Å². The van der Waals surface area contributed by atoms with Crippen LogP contribution < -0.4 is 11.0 Å². The van der Waals surface area contributed by atoms with E-state index < -0.39 is 39.8 Å². The van der Waals surface area contributed by atoms with Crippen LogP contribution in [0.3, 0.4) is 0 Å². The minimum atomic E-state index is -1.70. The van der Waals surface area contributed by atoms with Gasteiger partial charge in [0.25, 0.3) is 5.56 Å². The van der Waals surface area contributed by atoms with Crippen molar-refractivity contribution < 1.29 is 22.7 Å². The molecule has 0 aliphatic rings. The van der Waals surface area contributed by atoms with E-state index in [2.05, 4.69) is 10.1 Å². The van der Waals surface area contributed by atoms with Gasteiger partial charge in [0.2, 0.25) is 11.2 Å². The molecule has 3 aromatic heterocycles. The number of nitrogens with one attached hydrogen (secondary N) is 2. The fourth-order valence-electron chi connectivity index (χ4n) is 3.83. The minimum absolute atomic E-state index is 0.0491. The minimum Gasteiger partial charge on any atom is -0.502 e. The van der Waals surface area contributed by atoms with Crippen molar-refractivity contribution in [3.05, 3.63) is 62.3 Å². The number of benzene rings is 2. The van der Waals surface area contributed by atoms with Crippen molar-refractivity contribution in [1.29, 1.82) is 0 Å². The molecule has 0 unspecified atom stereocenters. The van der Waals surface area contributed by atoms with Gasteiger partial charge < -0.3 is 14.5 Å². The first-order chi connectivity index (χ1) is 14.7. The molecule has 0 saturated heterocycles. The molecule has 7 nitrogen and oxygen atoms in total. The second-order valence-corrected chi connectivity index (χ2v) is 7.45. The third-order valence-electron chi connectivity index (χ3n) is 5.26. The molecule has 0 amide bonds. The van der Waals surface area contributed by atoms with E-state index in [0.29, 0.717) is 5.39 Å². The van der Waals surface area contributed by atoms with Crippen LogP contribution in [0.25, 0.3) is 44.2 Å². The molecule has 3 N–H and O–H groups in total. The largest absolute Gasteiger partial charge is 0.502 e. The summed E-state index contributed by atoms with van der Waals surface area (Å²) in [5.74, 6) is -5.25. The van der Waals surface area contributed by atoms with Crippen molar-refractivity contribution in [3.8, 4) is 16.9 Å². The van der Waals surface area contributed by atoms with Crippen molar-refractivity contribution in [3.63, 3.8) is 0 Å². The van der Waals surface area contributed by atoms with Crippen LogP contribution in [-0.4, -0.2) is 19.9 Å². The summed E-state index contributed by atoms with van der Waals surface area (Å²) in [5.41, 5.74) is -1.63. The Morgan fingerprint density at radius 3 is 2.48 bits per heavy atom. The molecule has 0 aliphatic carbocycles. The molecular formula is C21H14F3N3O4. The summed E-state index contributed by atoms with van der Waals surface area (Å²) >= 11 is 0. The molecule has 158 valence electrons. The van der Waals surface area contributed by atoms with Crippen molar-refractivity contribution in [2.45, 2.75) is 19.9 Å². The van der Waals surface area contributed by atoms with E-state index in [1.807, 2.05) is 0 Å². The van der Waals surface area contributed by atoms with Crippen LogP contribution in [0.2, 0.25) is 0 Å². The zero-order chi connectivity index (χ0) is 22.2. The van der Waals surface area contributed by atoms with Gasteiger partial charge in [-0.25, -0.2) is 13.2 Å². The monoisotopic (exact) mass is 429 g/mol. The highest BCUT2D eigenvalue weighted by atomic mass is 19.2. The van der Waals surface area contributed by atoms with E-state index in [1.165, 1.54) is 10.7 Å². The molecule has 10 heteroatoms. The Balaban J connectivity index is 2.10. The highest BCUT2D eigenvalue weighted by Crippen LogP contribution is 2.41. The van der Waals surface area contributed by atoms with E-state index in [0.717, 1.165) is 18.2 Å². The van der Waals surface area contributed by atoms with Crippen molar-refractivity contribution in [2.75, 3.05) is 0 Å². The van der Waals surface area contributed by atoms with E-state index in [9.17, 15) is 27.9 Å². The molecule has 5 aromatic rings. The summed E-state index contributed by atoms with van der Waals surface area (Å²) in [4.78, 5) is 27.7. The van der Waals surface area contributed by atoms with Crippen LogP contribution in [0.5, 0.6) is 5.75 Å². The number of nitrogens with zero attached hydrogens (tertiary/aromatic N) is 1. The number of rotatable bonds is 2. The van der Waals surface area contributed by atoms with Gasteiger partial charge in [-0.3, -0.25) is 19.4 Å². The lowest BCUT2D eigenvalue weighted by Gasteiger charge is -2.11. The molecule has 5 rings (SSSR count). The summed E-state index contributed by atoms with van der Waals surface area (Å²) in [6, 6.07) is 4.06. The highest BCUT2D eigenvalue weighted by Gasteiger charge is 2.27. The van der Waals surface area contributed by atoms with Gasteiger partial charge in [-0.1, -0.05) is 0 Å². The number of aromatic amines is 2. The molecular weight excluding hydrogens is 415 g/mol. The number of H-pyrrole nitrogens is 2. The molecule has 31 heavy (non-hydrogen) atoms. The van der Waals surface area contributed by atoms with Crippen LogP contribution in [0.4, 0.5) is 13.2 Å². The van der Waals surface area contributed by atoms with E-state index in [4.69, 9.17) is 4.42 Å². The summed E-state index contributed by atoms with van der Waals surface area (Å²) in [5, 5.41) is 13.0. The molecule has 2 aromatic carbocycles. The molecule has 3 heterocycles. The predicted molar refractivity (Wildman–Crippen MR) is 108 cm³/mol. The van der Waals surface area contributed by atoms with Gasteiger partial charge in [0, 0.05) is 22.6 Å². The third kappa shape index (κ3) is 2.47. The number of aromatic hydroxyl groups is 1. The number of hydrogen-bond acceptors (Lipinski definition) is 4. The Labute approximate surface area is 170 Å². The van der Waals surface area contributed by atoms with Crippen LogP contribution in [0.15, 0.2) is 38.3 Å². The zero-order valence-electron chi connectivity index (χ0n) is 16.1. The fraction of sp³-hybridized carbons (Fsp3) is 0.143. The molecule has 0 fully saturated rings. The Morgan fingerprint density at radius 2 is 1.77 bits per heavy atom. The number of fused-ring (bicyclic) bond motifs is 4. The number of phenolic OH excluding ortho intramolecular Hbond substituents is 1. The maximum absolute atomic E-state index is 14.8. The lowest BCUT2D eigenvalue weighted by molar-refractivity contribution is 0.449. The second-order valence-electron chi connectivity index (χ2n) is 7.45. The van der Waals surface area contributed by atoms with Crippen molar-refractivity contribution in [1.82, 2.24) is 14.8 Å².